The molecule has 0 radical (unpaired) electrons. The molecule has 1 aromatic heterocycles. The van der Waals surface area contributed by atoms with Gasteiger partial charge in [0.05, 0.1) is 6.61 Å². The molecule has 5 nitrogen and oxygen atoms in total. The fourth-order valence-corrected chi connectivity index (χ4v) is 3.36. The van der Waals surface area contributed by atoms with Crippen LogP contribution < -0.4 is 4.74 Å². The predicted molar refractivity (Wildman–Crippen MR) is 125 cm³/mol. The third-order valence-electron chi connectivity index (χ3n) is 4.88. The molecule has 1 heterocycles. The van der Waals surface area contributed by atoms with E-state index in [0.29, 0.717) is 26.2 Å². The predicted octanol–water partition coefficient (Wildman–Crippen LogP) is 5.10. The number of hydrogen-bond donors (Lipinski definition) is 0. The molecule has 2 aromatic carbocycles. The Labute approximate surface area is 189 Å². The molecule has 0 saturated heterocycles. The number of nitrogens with zero attached hydrogens (tertiary/aromatic N) is 1. The van der Waals surface area contributed by atoms with Gasteiger partial charge in [0.1, 0.15) is 12.4 Å². The van der Waals surface area contributed by atoms with Crippen molar-refractivity contribution >= 4 is 11.5 Å². The van der Waals surface area contributed by atoms with Gasteiger partial charge in [0, 0.05) is 25.4 Å². The lowest BCUT2D eigenvalue weighted by molar-refractivity contribution is -0.156. The van der Waals surface area contributed by atoms with Crippen LogP contribution in [0.5, 0.6) is 5.75 Å². The molecule has 0 spiro atoms. The van der Waals surface area contributed by atoms with Gasteiger partial charge in [-0.1, -0.05) is 42.5 Å². The van der Waals surface area contributed by atoms with Crippen molar-refractivity contribution in [3.63, 3.8) is 0 Å². The summed E-state index contributed by atoms with van der Waals surface area (Å²) in [6.07, 6.45) is 5.52. The number of hydrogen-bond acceptors (Lipinski definition) is 5. The number of carbonyl (C=O) groups excluding carboxylic acids is 1. The normalized spacial score (nSPS) is 12.2. The first-order chi connectivity index (χ1) is 15.7. The van der Waals surface area contributed by atoms with Crippen molar-refractivity contribution in [3.05, 3.63) is 102 Å². The smallest absolute Gasteiger partial charge is 0.335 e. The zero-order valence-electron chi connectivity index (χ0n) is 18.6. The summed E-state index contributed by atoms with van der Waals surface area (Å²) in [5.41, 5.74) is 4.30. The SMILES string of the molecule is CCOC(=O)C(Cc1ccc(OC/C=C(\c2ccccc2)c2ccncc2)cc1)OCC. The van der Waals surface area contributed by atoms with Gasteiger partial charge in [-0.2, -0.15) is 0 Å². The summed E-state index contributed by atoms with van der Waals surface area (Å²) in [6, 6.07) is 21.9. The molecule has 0 fully saturated rings. The molecule has 0 amide bonds. The highest BCUT2D eigenvalue weighted by atomic mass is 16.6. The quantitative estimate of drug-likeness (QED) is 0.395. The lowest BCUT2D eigenvalue weighted by Crippen LogP contribution is -2.28. The molecule has 0 aliphatic carbocycles. The summed E-state index contributed by atoms with van der Waals surface area (Å²) in [7, 11) is 0. The average molecular weight is 432 g/mol. The first-order valence-electron chi connectivity index (χ1n) is 10.9. The van der Waals surface area contributed by atoms with Crippen LogP contribution in [0.3, 0.4) is 0 Å². The number of ether oxygens (including phenoxy) is 3. The van der Waals surface area contributed by atoms with Gasteiger partial charge in [-0.25, -0.2) is 4.79 Å². The zero-order valence-corrected chi connectivity index (χ0v) is 18.6. The molecule has 3 aromatic rings. The van der Waals surface area contributed by atoms with Crippen molar-refractivity contribution in [2.45, 2.75) is 26.4 Å². The summed E-state index contributed by atoms with van der Waals surface area (Å²) < 4.78 is 16.6. The van der Waals surface area contributed by atoms with E-state index in [2.05, 4.69) is 23.2 Å². The van der Waals surface area contributed by atoms with E-state index in [4.69, 9.17) is 14.2 Å². The van der Waals surface area contributed by atoms with Gasteiger partial charge in [0.15, 0.2) is 6.10 Å². The maximum Gasteiger partial charge on any atom is 0.335 e. The number of rotatable bonds is 11. The van der Waals surface area contributed by atoms with Crippen LogP contribution in [0.2, 0.25) is 0 Å². The summed E-state index contributed by atoms with van der Waals surface area (Å²) in [5.74, 6) is 0.431. The molecule has 5 heteroatoms. The van der Waals surface area contributed by atoms with E-state index in [-0.39, 0.29) is 5.97 Å². The number of esters is 1. The first-order valence-corrected chi connectivity index (χ1v) is 10.9. The second-order valence-corrected chi connectivity index (χ2v) is 7.07. The second kappa shape index (κ2) is 12.4. The molecule has 32 heavy (non-hydrogen) atoms. The minimum Gasteiger partial charge on any atom is -0.490 e. The van der Waals surface area contributed by atoms with Gasteiger partial charge >= 0.3 is 5.97 Å². The molecule has 1 atom stereocenters. The molecular weight excluding hydrogens is 402 g/mol. The molecule has 0 N–H and O–H groups in total. The monoisotopic (exact) mass is 431 g/mol. The van der Waals surface area contributed by atoms with Crippen LogP contribution in [0.1, 0.15) is 30.5 Å². The fourth-order valence-electron chi connectivity index (χ4n) is 3.36. The van der Waals surface area contributed by atoms with Gasteiger partial charge in [0.2, 0.25) is 0 Å². The van der Waals surface area contributed by atoms with Crippen LogP contribution in [0.4, 0.5) is 0 Å². The fraction of sp³-hybridized carbons (Fsp3) is 0.259. The third-order valence-corrected chi connectivity index (χ3v) is 4.88. The second-order valence-electron chi connectivity index (χ2n) is 7.07. The van der Waals surface area contributed by atoms with Crippen molar-refractivity contribution in [2.24, 2.45) is 0 Å². The Morgan fingerprint density at radius 1 is 0.906 bits per heavy atom. The van der Waals surface area contributed by atoms with E-state index in [1.54, 1.807) is 19.3 Å². The average Bonchev–Trinajstić information content (AvgIpc) is 2.84. The Balaban J connectivity index is 1.65. The van der Waals surface area contributed by atoms with Crippen molar-refractivity contribution in [1.82, 2.24) is 4.98 Å². The lowest BCUT2D eigenvalue weighted by atomic mass is 9.99. The highest BCUT2D eigenvalue weighted by molar-refractivity contribution is 5.79. The van der Waals surface area contributed by atoms with Gasteiger partial charge in [-0.3, -0.25) is 4.98 Å². The topological polar surface area (TPSA) is 57.7 Å². The maximum absolute atomic E-state index is 12.1. The minimum atomic E-state index is -0.594. The molecule has 0 aliphatic rings. The number of carbonyl (C=O) groups is 1. The molecule has 0 aliphatic heterocycles. The summed E-state index contributed by atoms with van der Waals surface area (Å²) >= 11 is 0. The van der Waals surface area contributed by atoms with Crippen molar-refractivity contribution in [2.75, 3.05) is 19.8 Å². The third kappa shape index (κ3) is 6.79. The number of pyridine rings is 1. The first kappa shape index (κ1) is 23.2. The summed E-state index contributed by atoms with van der Waals surface area (Å²) in [6.45, 7) is 4.88. The Hall–Kier alpha value is -3.44. The highest BCUT2D eigenvalue weighted by Gasteiger charge is 2.20. The minimum absolute atomic E-state index is 0.329. The van der Waals surface area contributed by atoms with E-state index in [1.165, 1.54) is 0 Å². The number of aromatic nitrogens is 1. The largest absolute Gasteiger partial charge is 0.490 e. The van der Waals surface area contributed by atoms with E-state index in [1.807, 2.05) is 61.5 Å². The standard InChI is InChI=1S/C27H29NO4/c1-3-30-26(27(29)31-4-2)20-21-10-12-24(13-11-21)32-19-16-25(22-8-6-5-7-9-22)23-14-17-28-18-15-23/h5-18,26H,3-4,19-20H2,1-2H3/b25-16+. The van der Waals surface area contributed by atoms with E-state index < -0.39 is 6.10 Å². The van der Waals surface area contributed by atoms with Crippen LogP contribution in [0.15, 0.2) is 85.2 Å². The Bertz CT molecular complexity index is 944. The van der Waals surface area contributed by atoms with Crippen LogP contribution in [0, 0.1) is 0 Å². The van der Waals surface area contributed by atoms with Crippen LogP contribution in [-0.4, -0.2) is 36.9 Å². The highest BCUT2D eigenvalue weighted by Crippen LogP contribution is 2.23. The van der Waals surface area contributed by atoms with Gasteiger partial charge < -0.3 is 14.2 Å². The van der Waals surface area contributed by atoms with Crippen molar-refractivity contribution in [3.8, 4) is 5.75 Å². The molecule has 0 bridgehead atoms. The molecule has 1 unspecified atom stereocenters. The van der Waals surface area contributed by atoms with Crippen LogP contribution in [-0.2, 0) is 20.7 Å². The van der Waals surface area contributed by atoms with Crippen LogP contribution in [0.25, 0.3) is 5.57 Å². The van der Waals surface area contributed by atoms with E-state index in [9.17, 15) is 4.79 Å². The Morgan fingerprint density at radius 3 is 2.25 bits per heavy atom. The molecule has 0 saturated carbocycles. The van der Waals surface area contributed by atoms with Crippen molar-refractivity contribution < 1.29 is 19.0 Å². The van der Waals surface area contributed by atoms with Crippen molar-refractivity contribution in [1.29, 1.82) is 0 Å². The molecule has 3 rings (SSSR count). The number of benzene rings is 2. The zero-order chi connectivity index (χ0) is 22.6. The van der Waals surface area contributed by atoms with E-state index >= 15 is 0 Å². The molecule has 166 valence electrons. The molecular formula is C27H29NO4. The van der Waals surface area contributed by atoms with E-state index in [0.717, 1.165) is 28.0 Å². The van der Waals surface area contributed by atoms with Gasteiger partial charge in [-0.15, -0.1) is 0 Å². The summed E-state index contributed by atoms with van der Waals surface area (Å²) in [4.78, 5) is 16.2. The Morgan fingerprint density at radius 2 is 1.59 bits per heavy atom. The summed E-state index contributed by atoms with van der Waals surface area (Å²) in [5, 5.41) is 0. The lowest BCUT2D eigenvalue weighted by Gasteiger charge is -2.15. The van der Waals surface area contributed by atoms with Gasteiger partial charge in [-0.05, 0) is 66.5 Å². The van der Waals surface area contributed by atoms with Gasteiger partial charge in [0.25, 0.3) is 0 Å². The maximum atomic E-state index is 12.1. The Kier molecular flexibility index (Phi) is 9.02. The van der Waals surface area contributed by atoms with Crippen LogP contribution >= 0.6 is 0 Å².